The fraction of sp³-hybridized carbons (Fsp3) is 0.652. The first-order valence-electron chi connectivity index (χ1n) is 11.2. The number of para-hydroxylation sites is 1. The monoisotopic (exact) mass is 415 g/mol. The number of likely N-dealkylation sites (tertiary alicyclic amines) is 2. The third-order valence-electron chi connectivity index (χ3n) is 6.10. The second kappa shape index (κ2) is 10.7. The van der Waals surface area contributed by atoms with Gasteiger partial charge in [-0.05, 0) is 38.4 Å². The molecule has 166 valence electrons. The second-order valence-electron chi connectivity index (χ2n) is 8.52. The molecular formula is C23H37N5O2. The molecule has 0 spiro atoms. The lowest BCUT2D eigenvalue weighted by atomic mass is 10.0. The van der Waals surface area contributed by atoms with Crippen LogP contribution < -0.4 is 15.4 Å². The Kier molecular flexibility index (Phi) is 7.96. The van der Waals surface area contributed by atoms with Gasteiger partial charge in [0.15, 0.2) is 5.96 Å². The van der Waals surface area contributed by atoms with Gasteiger partial charge in [0.2, 0.25) is 5.91 Å². The van der Waals surface area contributed by atoms with Crippen LogP contribution in [0.4, 0.5) is 0 Å². The molecule has 1 aromatic carbocycles. The predicted octanol–water partition coefficient (Wildman–Crippen LogP) is 2.25. The van der Waals surface area contributed by atoms with Gasteiger partial charge in [0, 0.05) is 44.2 Å². The van der Waals surface area contributed by atoms with Crippen LogP contribution in [0.5, 0.6) is 5.75 Å². The summed E-state index contributed by atoms with van der Waals surface area (Å²) in [7, 11) is 3.54. The van der Waals surface area contributed by atoms with E-state index >= 15 is 0 Å². The Morgan fingerprint density at radius 2 is 1.97 bits per heavy atom. The van der Waals surface area contributed by atoms with E-state index in [1.54, 1.807) is 14.2 Å². The van der Waals surface area contributed by atoms with Crippen molar-refractivity contribution in [2.75, 3.05) is 46.9 Å². The van der Waals surface area contributed by atoms with Crippen molar-refractivity contribution < 1.29 is 9.53 Å². The van der Waals surface area contributed by atoms with Gasteiger partial charge in [-0.2, -0.15) is 0 Å². The Balaban J connectivity index is 1.62. The molecule has 2 aliphatic heterocycles. The minimum absolute atomic E-state index is 0.0447. The van der Waals surface area contributed by atoms with Crippen LogP contribution in [0.15, 0.2) is 29.3 Å². The number of ether oxygens (including phenoxy) is 1. The van der Waals surface area contributed by atoms with Gasteiger partial charge in [-0.1, -0.05) is 32.0 Å². The first-order chi connectivity index (χ1) is 14.5. The first kappa shape index (κ1) is 22.4. The maximum Gasteiger partial charge on any atom is 0.225 e. The van der Waals surface area contributed by atoms with Gasteiger partial charge in [0.25, 0.3) is 0 Å². The molecule has 2 heterocycles. The summed E-state index contributed by atoms with van der Waals surface area (Å²) < 4.78 is 5.64. The molecule has 2 fully saturated rings. The molecular weight excluding hydrogens is 378 g/mol. The number of rotatable bonds is 7. The Morgan fingerprint density at radius 3 is 2.63 bits per heavy atom. The zero-order valence-electron chi connectivity index (χ0n) is 18.9. The zero-order valence-corrected chi connectivity index (χ0v) is 18.9. The van der Waals surface area contributed by atoms with Crippen molar-refractivity contribution in [3.63, 3.8) is 0 Å². The lowest BCUT2D eigenvalue weighted by Gasteiger charge is -2.30. The van der Waals surface area contributed by atoms with Gasteiger partial charge in [0.05, 0.1) is 13.2 Å². The van der Waals surface area contributed by atoms with E-state index in [0.29, 0.717) is 0 Å². The maximum absolute atomic E-state index is 12.3. The van der Waals surface area contributed by atoms with Crippen LogP contribution >= 0.6 is 0 Å². The van der Waals surface area contributed by atoms with E-state index in [4.69, 9.17) is 4.74 Å². The summed E-state index contributed by atoms with van der Waals surface area (Å²) in [6.07, 6.45) is 3.42. The summed E-state index contributed by atoms with van der Waals surface area (Å²) in [5, 5.41) is 7.04. The van der Waals surface area contributed by atoms with Crippen molar-refractivity contribution in [2.24, 2.45) is 10.9 Å². The molecule has 2 saturated heterocycles. The normalized spacial score (nSPS) is 21.2. The molecule has 0 aliphatic carbocycles. The van der Waals surface area contributed by atoms with Crippen LogP contribution in [0.3, 0.4) is 0 Å². The molecule has 1 amide bonds. The van der Waals surface area contributed by atoms with Gasteiger partial charge in [-0.15, -0.1) is 0 Å². The number of carbonyl (C=O) groups excluding carboxylic acids is 1. The number of guanidine groups is 1. The topological polar surface area (TPSA) is 69.2 Å². The van der Waals surface area contributed by atoms with E-state index in [2.05, 4.69) is 32.7 Å². The molecule has 7 heteroatoms. The molecule has 0 radical (unpaired) electrons. The largest absolute Gasteiger partial charge is 0.496 e. The van der Waals surface area contributed by atoms with Gasteiger partial charge in [-0.25, -0.2) is 0 Å². The van der Waals surface area contributed by atoms with Crippen LogP contribution in [-0.4, -0.2) is 74.6 Å². The van der Waals surface area contributed by atoms with Crippen LogP contribution in [0.1, 0.15) is 44.7 Å². The quantitative estimate of drug-likeness (QED) is 0.528. The number of hydrogen-bond acceptors (Lipinski definition) is 4. The third-order valence-corrected chi connectivity index (χ3v) is 6.10. The molecule has 3 rings (SSSR count). The number of carbonyl (C=O) groups is 1. The summed E-state index contributed by atoms with van der Waals surface area (Å²) in [6.45, 7) is 8.42. The average molecular weight is 416 g/mol. The standard InChI is InChI=1S/C23H37N5O2/c1-17(2)22(29)28-14-11-18(16-28)26-23(24-3)25-15-20(27-12-7-8-13-27)19-9-5-6-10-21(19)30-4/h5-6,9-10,17-18,20H,7-8,11-16H2,1-4H3,(H2,24,25,26). The molecule has 7 nitrogen and oxygen atoms in total. The van der Waals surface area contributed by atoms with Crippen molar-refractivity contribution >= 4 is 11.9 Å². The number of methoxy groups -OCH3 is 1. The lowest BCUT2D eigenvalue weighted by molar-refractivity contribution is -0.133. The molecule has 0 bridgehead atoms. The van der Waals surface area contributed by atoms with Crippen LogP contribution in [0, 0.1) is 5.92 Å². The molecule has 0 saturated carbocycles. The van der Waals surface area contributed by atoms with Gasteiger partial charge < -0.3 is 20.3 Å². The van der Waals surface area contributed by atoms with E-state index < -0.39 is 0 Å². The highest BCUT2D eigenvalue weighted by atomic mass is 16.5. The van der Waals surface area contributed by atoms with E-state index in [0.717, 1.165) is 50.9 Å². The van der Waals surface area contributed by atoms with E-state index in [1.165, 1.54) is 18.4 Å². The minimum Gasteiger partial charge on any atom is -0.496 e. The van der Waals surface area contributed by atoms with Crippen LogP contribution in [0.2, 0.25) is 0 Å². The van der Waals surface area contributed by atoms with Crippen molar-refractivity contribution in [2.45, 2.75) is 45.2 Å². The molecule has 2 atom stereocenters. The molecule has 0 aromatic heterocycles. The summed E-state index contributed by atoms with van der Waals surface area (Å²) in [5.41, 5.74) is 1.21. The Bertz CT molecular complexity index is 730. The summed E-state index contributed by atoms with van der Waals surface area (Å²) >= 11 is 0. The predicted molar refractivity (Wildman–Crippen MR) is 121 cm³/mol. The van der Waals surface area contributed by atoms with Crippen molar-refractivity contribution in [3.8, 4) is 5.75 Å². The highest BCUT2D eigenvalue weighted by Crippen LogP contribution is 2.31. The fourth-order valence-electron chi connectivity index (χ4n) is 4.46. The minimum atomic E-state index is 0.0447. The number of hydrogen-bond donors (Lipinski definition) is 2. The summed E-state index contributed by atoms with van der Waals surface area (Å²) in [5.74, 6) is 1.99. The Hall–Kier alpha value is -2.28. The first-order valence-corrected chi connectivity index (χ1v) is 11.2. The van der Waals surface area contributed by atoms with Crippen molar-refractivity contribution in [3.05, 3.63) is 29.8 Å². The number of nitrogens with one attached hydrogen (secondary N) is 2. The smallest absolute Gasteiger partial charge is 0.225 e. The molecule has 2 aliphatic rings. The van der Waals surface area contributed by atoms with E-state index in [9.17, 15) is 4.79 Å². The number of nitrogens with zero attached hydrogens (tertiary/aromatic N) is 3. The third kappa shape index (κ3) is 5.45. The van der Waals surface area contributed by atoms with Crippen LogP contribution in [0.25, 0.3) is 0 Å². The van der Waals surface area contributed by atoms with E-state index in [1.807, 2.05) is 30.9 Å². The number of aliphatic imine (C=N–C) groups is 1. The lowest BCUT2D eigenvalue weighted by Crippen LogP contribution is -2.47. The highest BCUT2D eigenvalue weighted by Gasteiger charge is 2.29. The fourth-order valence-corrected chi connectivity index (χ4v) is 4.46. The highest BCUT2D eigenvalue weighted by molar-refractivity contribution is 5.81. The van der Waals surface area contributed by atoms with Gasteiger partial charge >= 0.3 is 0 Å². The summed E-state index contributed by atoms with van der Waals surface area (Å²) in [4.78, 5) is 21.2. The Labute approximate surface area is 180 Å². The Morgan fingerprint density at radius 1 is 1.23 bits per heavy atom. The molecule has 1 aromatic rings. The molecule has 30 heavy (non-hydrogen) atoms. The SMILES string of the molecule is CN=C(NCC(c1ccccc1OC)N1CCCC1)NC1CCN(C(=O)C(C)C)C1. The molecule has 2 N–H and O–H groups in total. The zero-order chi connectivity index (χ0) is 21.5. The van der Waals surface area contributed by atoms with Gasteiger partial charge in [0.1, 0.15) is 5.75 Å². The second-order valence-corrected chi connectivity index (χ2v) is 8.52. The number of benzene rings is 1. The van der Waals surface area contributed by atoms with Crippen molar-refractivity contribution in [1.82, 2.24) is 20.4 Å². The van der Waals surface area contributed by atoms with Gasteiger partial charge in [-0.3, -0.25) is 14.7 Å². The number of amides is 1. The maximum atomic E-state index is 12.3. The molecule has 2 unspecified atom stereocenters. The van der Waals surface area contributed by atoms with Crippen molar-refractivity contribution in [1.29, 1.82) is 0 Å². The summed E-state index contributed by atoms with van der Waals surface area (Å²) in [6, 6.07) is 8.74. The average Bonchev–Trinajstić information content (AvgIpc) is 3.45. The van der Waals surface area contributed by atoms with E-state index in [-0.39, 0.29) is 23.9 Å². The van der Waals surface area contributed by atoms with Crippen LogP contribution in [-0.2, 0) is 4.79 Å².